The third-order valence-electron chi connectivity index (χ3n) is 6.48. The molecule has 0 unspecified atom stereocenters. The van der Waals surface area contributed by atoms with Crippen molar-refractivity contribution in [2.24, 2.45) is 0 Å². The van der Waals surface area contributed by atoms with Crippen LogP contribution in [0.25, 0.3) is 66.7 Å². The number of para-hydroxylation sites is 1. The summed E-state index contributed by atoms with van der Waals surface area (Å²) in [4.78, 5) is 19.5. The molecule has 0 N–H and O–H groups in total. The van der Waals surface area contributed by atoms with Gasteiger partial charge in [0.15, 0.2) is 17.5 Å². The Morgan fingerprint density at radius 1 is 0.333 bits per heavy atom. The molecule has 0 aliphatic rings. The van der Waals surface area contributed by atoms with Crippen molar-refractivity contribution in [1.29, 1.82) is 0 Å². The Hall–Kier alpha value is -4.96. The van der Waals surface area contributed by atoms with Gasteiger partial charge >= 0.3 is 0 Å². The monoisotopic (exact) mass is 460 g/mol. The molecule has 7 rings (SSSR count). The number of hydrogen-bond acceptors (Lipinski definition) is 4. The third kappa shape index (κ3) is 3.56. The van der Waals surface area contributed by atoms with Gasteiger partial charge in [-0.15, -0.1) is 0 Å². The van der Waals surface area contributed by atoms with Crippen LogP contribution in [0.15, 0.2) is 121 Å². The second-order valence-electron chi connectivity index (χ2n) is 8.79. The fourth-order valence-corrected chi connectivity index (χ4v) is 4.65. The summed E-state index contributed by atoms with van der Waals surface area (Å²) in [6.07, 6.45) is 0. The van der Waals surface area contributed by atoms with E-state index in [1.165, 1.54) is 0 Å². The van der Waals surface area contributed by atoms with E-state index in [2.05, 4.69) is 48.5 Å². The van der Waals surface area contributed by atoms with Crippen LogP contribution in [0.5, 0.6) is 0 Å². The summed E-state index contributed by atoms with van der Waals surface area (Å²) in [6, 6.07) is 41.2. The lowest BCUT2D eigenvalue weighted by molar-refractivity contribution is 1.07. The van der Waals surface area contributed by atoms with E-state index in [1.807, 2.05) is 72.8 Å². The number of rotatable bonds is 3. The minimum Gasteiger partial charge on any atom is -0.248 e. The molecule has 0 aliphatic carbocycles. The van der Waals surface area contributed by atoms with Gasteiger partial charge in [-0.05, 0) is 35.0 Å². The standard InChI is InChI=1S/C32H20N4/c1-3-9-22(10-4-1)30-34-31(23-11-5-2-6-12-23)36-32(35-30)25-16-15-21-17-18-29-27(26(21)20-25)19-24-13-7-8-14-28(24)33-29/h1-20H. The van der Waals surface area contributed by atoms with Crippen LogP contribution in [0, 0.1) is 0 Å². The van der Waals surface area contributed by atoms with Crippen LogP contribution in [-0.2, 0) is 0 Å². The molecular weight excluding hydrogens is 440 g/mol. The van der Waals surface area contributed by atoms with Gasteiger partial charge in [-0.3, -0.25) is 0 Å². The number of nitrogens with zero attached hydrogens (tertiary/aromatic N) is 4. The molecule has 0 radical (unpaired) electrons. The lowest BCUT2D eigenvalue weighted by atomic mass is 10.0. The molecule has 0 aliphatic heterocycles. The molecule has 2 aromatic heterocycles. The summed E-state index contributed by atoms with van der Waals surface area (Å²) < 4.78 is 0. The number of hydrogen-bond donors (Lipinski definition) is 0. The van der Waals surface area contributed by atoms with Crippen LogP contribution in [0.4, 0.5) is 0 Å². The Morgan fingerprint density at radius 3 is 1.61 bits per heavy atom. The van der Waals surface area contributed by atoms with Crippen LogP contribution >= 0.6 is 0 Å². The predicted molar refractivity (Wildman–Crippen MR) is 146 cm³/mol. The van der Waals surface area contributed by atoms with Crippen LogP contribution in [-0.4, -0.2) is 19.9 Å². The molecule has 0 spiro atoms. The van der Waals surface area contributed by atoms with Crippen molar-refractivity contribution in [1.82, 2.24) is 19.9 Å². The number of pyridine rings is 1. The molecule has 0 fully saturated rings. The second kappa shape index (κ2) is 8.36. The molecule has 36 heavy (non-hydrogen) atoms. The van der Waals surface area contributed by atoms with Crippen molar-refractivity contribution >= 4 is 32.6 Å². The van der Waals surface area contributed by atoms with Crippen LogP contribution in [0.2, 0.25) is 0 Å². The van der Waals surface area contributed by atoms with Gasteiger partial charge in [-0.25, -0.2) is 19.9 Å². The highest BCUT2D eigenvalue weighted by Gasteiger charge is 2.13. The van der Waals surface area contributed by atoms with E-state index in [0.29, 0.717) is 17.5 Å². The lowest BCUT2D eigenvalue weighted by Crippen LogP contribution is -2.00. The zero-order chi connectivity index (χ0) is 23.9. The number of fused-ring (bicyclic) bond motifs is 4. The fraction of sp³-hybridized carbons (Fsp3) is 0. The zero-order valence-electron chi connectivity index (χ0n) is 19.3. The summed E-state index contributed by atoms with van der Waals surface area (Å²) in [5, 5.41) is 4.53. The van der Waals surface area contributed by atoms with Crippen molar-refractivity contribution in [2.75, 3.05) is 0 Å². The van der Waals surface area contributed by atoms with E-state index in [9.17, 15) is 0 Å². The van der Waals surface area contributed by atoms with Gasteiger partial charge in [0, 0.05) is 27.5 Å². The van der Waals surface area contributed by atoms with E-state index in [4.69, 9.17) is 19.9 Å². The highest BCUT2D eigenvalue weighted by atomic mass is 15.0. The van der Waals surface area contributed by atoms with Crippen molar-refractivity contribution in [3.63, 3.8) is 0 Å². The quantitative estimate of drug-likeness (QED) is 0.200. The van der Waals surface area contributed by atoms with E-state index in [1.54, 1.807) is 0 Å². The molecule has 0 bridgehead atoms. The Morgan fingerprint density at radius 2 is 0.917 bits per heavy atom. The van der Waals surface area contributed by atoms with Crippen molar-refractivity contribution in [2.45, 2.75) is 0 Å². The van der Waals surface area contributed by atoms with Gasteiger partial charge in [0.25, 0.3) is 0 Å². The summed E-state index contributed by atoms with van der Waals surface area (Å²) in [5.74, 6) is 1.96. The first-order valence-electron chi connectivity index (χ1n) is 11.9. The molecule has 168 valence electrons. The van der Waals surface area contributed by atoms with Gasteiger partial charge in [-0.1, -0.05) is 97.1 Å². The maximum atomic E-state index is 4.90. The zero-order valence-corrected chi connectivity index (χ0v) is 19.3. The first-order chi connectivity index (χ1) is 17.8. The van der Waals surface area contributed by atoms with E-state index < -0.39 is 0 Å². The predicted octanol–water partition coefficient (Wildman–Crippen LogP) is 7.73. The van der Waals surface area contributed by atoms with Crippen LogP contribution < -0.4 is 0 Å². The Bertz CT molecular complexity index is 1820. The maximum absolute atomic E-state index is 4.90. The van der Waals surface area contributed by atoms with Crippen molar-refractivity contribution in [3.05, 3.63) is 121 Å². The first kappa shape index (κ1) is 20.4. The first-order valence-corrected chi connectivity index (χ1v) is 11.9. The van der Waals surface area contributed by atoms with Gasteiger partial charge in [0.2, 0.25) is 0 Å². The summed E-state index contributed by atoms with van der Waals surface area (Å²) in [5.41, 5.74) is 4.84. The molecule has 7 aromatic rings. The summed E-state index contributed by atoms with van der Waals surface area (Å²) in [6.45, 7) is 0. The molecule has 5 aromatic carbocycles. The van der Waals surface area contributed by atoms with E-state index >= 15 is 0 Å². The highest BCUT2D eigenvalue weighted by molar-refractivity contribution is 6.10. The largest absolute Gasteiger partial charge is 0.248 e. The molecule has 0 saturated carbocycles. The molecule has 4 heteroatoms. The fourth-order valence-electron chi connectivity index (χ4n) is 4.65. The number of aromatic nitrogens is 4. The average molecular weight is 461 g/mol. The SMILES string of the molecule is c1ccc(-c2nc(-c3ccccc3)nc(-c3ccc4ccc5nc6ccccc6cc5c4c3)n2)cc1. The molecular formula is C32H20N4. The Balaban J connectivity index is 1.46. The highest BCUT2D eigenvalue weighted by Crippen LogP contribution is 2.31. The Kier molecular flexibility index (Phi) is 4.74. The van der Waals surface area contributed by atoms with Crippen LogP contribution in [0.1, 0.15) is 0 Å². The van der Waals surface area contributed by atoms with Gasteiger partial charge in [0.1, 0.15) is 0 Å². The average Bonchev–Trinajstić information content (AvgIpc) is 2.96. The van der Waals surface area contributed by atoms with E-state index in [0.717, 1.165) is 49.3 Å². The number of benzene rings is 5. The van der Waals surface area contributed by atoms with Crippen molar-refractivity contribution < 1.29 is 0 Å². The van der Waals surface area contributed by atoms with E-state index in [-0.39, 0.29) is 0 Å². The third-order valence-corrected chi connectivity index (χ3v) is 6.48. The second-order valence-corrected chi connectivity index (χ2v) is 8.79. The molecule has 0 amide bonds. The topological polar surface area (TPSA) is 51.6 Å². The van der Waals surface area contributed by atoms with Gasteiger partial charge in [0.05, 0.1) is 11.0 Å². The summed E-state index contributed by atoms with van der Waals surface area (Å²) >= 11 is 0. The Labute approximate surface area is 208 Å². The lowest BCUT2D eigenvalue weighted by Gasteiger charge is -2.10. The van der Waals surface area contributed by atoms with Gasteiger partial charge in [-0.2, -0.15) is 0 Å². The molecule has 0 atom stereocenters. The molecule has 4 nitrogen and oxygen atoms in total. The van der Waals surface area contributed by atoms with Gasteiger partial charge < -0.3 is 0 Å². The maximum Gasteiger partial charge on any atom is 0.164 e. The summed E-state index contributed by atoms with van der Waals surface area (Å²) in [7, 11) is 0. The minimum atomic E-state index is 0.648. The van der Waals surface area contributed by atoms with Crippen molar-refractivity contribution in [3.8, 4) is 34.2 Å². The molecule has 0 saturated heterocycles. The normalized spacial score (nSPS) is 11.3. The van der Waals surface area contributed by atoms with Crippen LogP contribution in [0.3, 0.4) is 0 Å². The smallest absolute Gasteiger partial charge is 0.164 e. The minimum absolute atomic E-state index is 0.648. The molecule has 2 heterocycles.